The van der Waals surface area contributed by atoms with Gasteiger partial charge in [-0.2, -0.15) is 0 Å². The van der Waals surface area contributed by atoms with Gasteiger partial charge in [0.15, 0.2) is 0 Å². The summed E-state index contributed by atoms with van der Waals surface area (Å²) in [7, 11) is 0. The van der Waals surface area contributed by atoms with Crippen molar-refractivity contribution in [1.29, 1.82) is 0 Å². The summed E-state index contributed by atoms with van der Waals surface area (Å²) in [6.07, 6.45) is 0. The summed E-state index contributed by atoms with van der Waals surface area (Å²) >= 11 is 0. The SMILES string of the molecule is CCN(CC)C(=O)CN[C@H](C)c1ccc(C)cc1. The molecule has 0 aliphatic rings. The molecule has 1 amide bonds. The molecule has 3 nitrogen and oxygen atoms in total. The second-order valence-electron chi connectivity index (χ2n) is 4.58. The van der Waals surface area contributed by atoms with Gasteiger partial charge in [0.25, 0.3) is 0 Å². The van der Waals surface area contributed by atoms with Crippen LogP contribution in [-0.2, 0) is 4.79 Å². The van der Waals surface area contributed by atoms with Gasteiger partial charge in [-0.1, -0.05) is 29.8 Å². The fourth-order valence-electron chi connectivity index (χ4n) is 1.90. The maximum absolute atomic E-state index is 11.9. The number of amides is 1. The Labute approximate surface area is 110 Å². The number of hydrogen-bond acceptors (Lipinski definition) is 2. The molecule has 1 aromatic rings. The van der Waals surface area contributed by atoms with Crippen molar-refractivity contribution in [2.24, 2.45) is 0 Å². The van der Waals surface area contributed by atoms with E-state index in [1.54, 1.807) is 0 Å². The molecule has 1 rings (SSSR count). The number of hydrogen-bond donors (Lipinski definition) is 1. The minimum Gasteiger partial charge on any atom is -0.342 e. The molecule has 0 heterocycles. The lowest BCUT2D eigenvalue weighted by atomic mass is 10.1. The Morgan fingerprint density at radius 2 is 1.78 bits per heavy atom. The van der Waals surface area contributed by atoms with Gasteiger partial charge in [0.2, 0.25) is 5.91 Å². The summed E-state index contributed by atoms with van der Waals surface area (Å²) in [4.78, 5) is 13.7. The van der Waals surface area contributed by atoms with E-state index in [9.17, 15) is 4.79 Å². The maximum atomic E-state index is 11.9. The molecule has 0 fully saturated rings. The van der Waals surface area contributed by atoms with Crippen molar-refractivity contribution in [2.75, 3.05) is 19.6 Å². The first-order chi connectivity index (χ1) is 8.58. The van der Waals surface area contributed by atoms with Gasteiger partial charge in [-0.25, -0.2) is 0 Å². The monoisotopic (exact) mass is 248 g/mol. The molecule has 1 atom stereocenters. The number of likely N-dealkylation sites (N-methyl/N-ethyl adjacent to an activating group) is 1. The largest absolute Gasteiger partial charge is 0.342 e. The molecule has 3 heteroatoms. The van der Waals surface area contributed by atoms with Gasteiger partial charge in [0.05, 0.1) is 6.54 Å². The topological polar surface area (TPSA) is 32.3 Å². The Hall–Kier alpha value is -1.35. The average molecular weight is 248 g/mol. The van der Waals surface area contributed by atoms with Crippen LogP contribution < -0.4 is 5.32 Å². The summed E-state index contributed by atoms with van der Waals surface area (Å²) in [5, 5.41) is 3.28. The van der Waals surface area contributed by atoms with E-state index in [0.717, 1.165) is 13.1 Å². The van der Waals surface area contributed by atoms with Gasteiger partial charge < -0.3 is 10.2 Å². The molecule has 0 unspecified atom stereocenters. The minimum atomic E-state index is 0.166. The van der Waals surface area contributed by atoms with Gasteiger partial charge in [-0.15, -0.1) is 0 Å². The molecule has 0 saturated carbocycles. The van der Waals surface area contributed by atoms with E-state index in [1.165, 1.54) is 11.1 Å². The van der Waals surface area contributed by atoms with Crippen LogP contribution in [0.5, 0.6) is 0 Å². The van der Waals surface area contributed by atoms with Gasteiger partial charge in [-0.05, 0) is 33.3 Å². The van der Waals surface area contributed by atoms with E-state index in [1.807, 2.05) is 18.7 Å². The van der Waals surface area contributed by atoms with Crippen LogP contribution in [-0.4, -0.2) is 30.4 Å². The van der Waals surface area contributed by atoms with Crippen LogP contribution >= 0.6 is 0 Å². The van der Waals surface area contributed by atoms with Crippen molar-refractivity contribution in [3.05, 3.63) is 35.4 Å². The fraction of sp³-hybridized carbons (Fsp3) is 0.533. The van der Waals surface area contributed by atoms with Crippen LogP contribution in [0.3, 0.4) is 0 Å². The first kappa shape index (κ1) is 14.7. The zero-order valence-electron chi connectivity index (χ0n) is 11.9. The molecular weight excluding hydrogens is 224 g/mol. The van der Waals surface area contributed by atoms with Crippen molar-refractivity contribution >= 4 is 5.91 Å². The molecule has 0 spiro atoms. The van der Waals surface area contributed by atoms with Gasteiger partial charge in [-0.3, -0.25) is 4.79 Å². The van der Waals surface area contributed by atoms with Gasteiger partial charge >= 0.3 is 0 Å². The smallest absolute Gasteiger partial charge is 0.236 e. The van der Waals surface area contributed by atoms with Crippen molar-refractivity contribution in [3.8, 4) is 0 Å². The second kappa shape index (κ2) is 7.17. The molecule has 1 aromatic carbocycles. The molecule has 0 aliphatic carbocycles. The summed E-state index contributed by atoms with van der Waals surface area (Å²) in [6, 6.07) is 8.61. The van der Waals surface area contributed by atoms with Crippen molar-refractivity contribution < 1.29 is 4.79 Å². The van der Waals surface area contributed by atoms with E-state index < -0.39 is 0 Å². The Morgan fingerprint density at radius 1 is 1.22 bits per heavy atom. The number of carbonyl (C=O) groups excluding carboxylic acids is 1. The maximum Gasteiger partial charge on any atom is 0.236 e. The van der Waals surface area contributed by atoms with E-state index in [2.05, 4.69) is 43.4 Å². The number of nitrogens with one attached hydrogen (secondary N) is 1. The molecule has 18 heavy (non-hydrogen) atoms. The Kier molecular flexibility index (Phi) is 5.86. The molecule has 0 radical (unpaired) electrons. The molecule has 0 bridgehead atoms. The molecule has 0 saturated heterocycles. The van der Waals surface area contributed by atoms with Gasteiger partial charge in [0.1, 0.15) is 0 Å². The first-order valence-corrected chi connectivity index (χ1v) is 6.66. The standard InChI is InChI=1S/C15H24N2O/c1-5-17(6-2)15(18)11-16-13(4)14-9-7-12(3)8-10-14/h7-10,13,16H,5-6,11H2,1-4H3/t13-/m1/s1. The van der Waals surface area contributed by atoms with Crippen molar-refractivity contribution in [3.63, 3.8) is 0 Å². The number of benzene rings is 1. The molecule has 1 N–H and O–H groups in total. The lowest BCUT2D eigenvalue weighted by molar-refractivity contribution is -0.129. The number of aryl methyl sites for hydroxylation is 1. The summed E-state index contributed by atoms with van der Waals surface area (Å²) in [5.41, 5.74) is 2.47. The minimum absolute atomic E-state index is 0.166. The lowest BCUT2D eigenvalue weighted by Gasteiger charge is -2.21. The summed E-state index contributed by atoms with van der Waals surface area (Å²) in [5.74, 6) is 0.166. The summed E-state index contributed by atoms with van der Waals surface area (Å²) in [6.45, 7) is 10.1. The van der Waals surface area contributed by atoms with Crippen molar-refractivity contribution in [2.45, 2.75) is 33.7 Å². The Bertz CT molecular complexity index is 369. The van der Waals surface area contributed by atoms with Crippen LogP contribution in [0, 0.1) is 6.92 Å². The first-order valence-electron chi connectivity index (χ1n) is 6.66. The third-order valence-corrected chi connectivity index (χ3v) is 3.25. The lowest BCUT2D eigenvalue weighted by Crippen LogP contribution is -2.38. The Balaban J connectivity index is 2.48. The fourth-order valence-corrected chi connectivity index (χ4v) is 1.90. The third kappa shape index (κ3) is 4.15. The predicted octanol–water partition coefficient (Wildman–Crippen LogP) is 2.51. The molecule has 0 aliphatic heterocycles. The normalized spacial score (nSPS) is 12.2. The van der Waals surface area contributed by atoms with E-state index in [0.29, 0.717) is 6.54 Å². The Morgan fingerprint density at radius 3 is 2.28 bits per heavy atom. The van der Waals surface area contributed by atoms with E-state index in [4.69, 9.17) is 0 Å². The predicted molar refractivity (Wildman–Crippen MR) is 75.5 cm³/mol. The number of carbonyl (C=O) groups is 1. The van der Waals surface area contributed by atoms with Crippen LogP contribution in [0.2, 0.25) is 0 Å². The zero-order chi connectivity index (χ0) is 13.5. The highest BCUT2D eigenvalue weighted by atomic mass is 16.2. The molecular formula is C15H24N2O. The van der Waals surface area contributed by atoms with Crippen LogP contribution in [0.4, 0.5) is 0 Å². The highest BCUT2D eigenvalue weighted by Gasteiger charge is 2.11. The van der Waals surface area contributed by atoms with E-state index >= 15 is 0 Å². The second-order valence-corrected chi connectivity index (χ2v) is 4.58. The van der Waals surface area contributed by atoms with Crippen LogP contribution in [0.25, 0.3) is 0 Å². The highest BCUT2D eigenvalue weighted by molar-refractivity contribution is 5.78. The average Bonchev–Trinajstić information content (AvgIpc) is 2.38. The number of nitrogens with zero attached hydrogens (tertiary/aromatic N) is 1. The quantitative estimate of drug-likeness (QED) is 0.839. The van der Waals surface area contributed by atoms with Gasteiger partial charge in [0, 0.05) is 19.1 Å². The molecule has 0 aromatic heterocycles. The highest BCUT2D eigenvalue weighted by Crippen LogP contribution is 2.12. The third-order valence-electron chi connectivity index (χ3n) is 3.25. The van der Waals surface area contributed by atoms with Crippen LogP contribution in [0.1, 0.15) is 37.9 Å². The summed E-state index contributed by atoms with van der Waals surface area (Å²) < 4.78 is 0. The van der Waals surface area contributed by atoms with Crippen molar-refractivity contribution in [1.82, 2.24) is 10.2 Å². The molecule has 100 valence electrons. The van der Waals surface area contributed by atoms with E-state index in [-0.39, 0.29) is 11.9 Å². The zero-order valence-corrected chi connectivity index (χ0v) is 11.9. The number of rotatable bonds is 6. The van der Waals surface area contributed by atoms with Crippen LogP contribution in [0.15, 0.2) is 24.3 Å².